The number of phenolic OH excluding ortho intramolecular Hbond substituents is 2. The second-order valence-corrected chi connectivity index (χ2v) is 6.32. The Morgan fingerprint density at radius 1 is 1.24 bits per heavy atom. The molecule has 5 nitrogen and oxygen atoms in total. The van der Waals surface area contributed by atoms with Crippen LogP contribution < -0.4 is 5.32 Å². The van der Waals surface area contributed by atoms with E-state index in [-0.39, 0.29) is 35.4 Å². The summed E-state index contributed by atoms with van der Waals surface area (Å²) in [5.74, 6) is -0.399. The number of carboxylic acid groups (broad SMARTS) is 1. The summed E-state index contributed by atoms with van der Waals surface area (Å²) < 4.78 is 0. The Balaban J connectivity index is 1.81. The fourth-order valence-corrected chi connectivity index (χ4v) is 4.24. The number of rotatable bonds is 4. The van der Waals surface area contributed by atoms with Crippen LogP contribution in [-0.2, 0) is 4.79 Å². The van der Waals surface area contributed by atoms with E-state index in [1.165, 1.54) is 12.1 Å². The van der Waals surface area contributed by atoms with Gasteiger partial charge in [0.05, 0.1) is 11.5 Å². The van der Waals surface area contributed by atoms with E-state index in [9.17, 15) is 20.1 Å². The lowest BCUT2D eigenvalue weighted by Crippen LogP contribution is -2.45. The van der Waals surface area contributed by atoms with E-state index in [0.29, 0.717) is 11.5 Å². The largest absolute Gasteiger partial charge is 0.507 e. The number of benzene rings is 1. The summed E-state index contributed by atoms with van der Waals surface area (Å²) in [7, 11) is 0. The number of fused-ring (bicyclic) bond motifs is 2. The fourth-order valence-electron chi connectivity index (χ4n) is 4.24. The average Bonchev–Trinajstić information content (AvgIpc) is 2.98. The minimum absolute atomic E-state index is 0.0324. The zero-order valence-electron chi connectivity index (χ0n) is 12.0. The number of nitrogens with one attached hydrogen (secondary N) is 1. The zero-order chi connectivity index (χ0) is 15.1. The van der Waals surface area contributed by atoms with Crippen molar-refractivity contribution in [3.8, 4) is 11.5 Å². The smallest absolute Gasteiger partial charge is 0.308 e. The second kappa shape index (κ2) is 5.22. The molecular formula is C16H21NO4. The number of hydrogen-bond acceptors (Lipinski definition) is 4. The molecule has 2 fully saturated rings. The number of phenols is 2. The summed E-state index contributed by atoms with van der Waals surface area (Å²) in [5, 5.41) is 32.7. The Kier molecular flexibility index (Phi) is 3.53. The van der Waals surface area contributed by atoms with E-state index in [1.807, 2.05) is 6.92 Å². The summed E-state index contributed by atoms with van der Waals surface area (Å²) >= 11 is 0. The standard InChI is InChI=1S/C16H21NO4/c1-8(13-11(18)3-2-4-12(13)19)17-15-10-6-5-9(7-10)14(15)16(20)21/h2-4,8-10,14-15,17-19H,5-7H2,1H3,(H,20,21). The molecule has 0 amide bonds. The molecule has 0 aromatic heterocycles. The van der Waals surface area contributed by atoms with Gasteiger partial charge in [-0.05, 0) is 50.2 Å². The van der Waals surface area contributed by atoms with Gasteiger partial charge in [-0.3, -0.25) is 4.79 Å². The van der Waals surface area contributed by atoms with Crippen LogP contribution in [0, 0.1) is 17.8 Å². The van der Waals surface area contributed by atoms with E-state index < -0.39 is 5.97 Å². The van der Waals surface area contributed by atoms with Crippen LogP contribution in [0.25, 0.3) is 0 Å². The predicted molar refractivity (Wildman–Crippen MR) is 77.1 cm³/mol. The molecule has 1 aromatic rings. The second-order valence-electron chi connectivity index (χ2n) is 6.32. The number of aromatic hydroxyl groups is 2. The third-order valence-electron chi connectivity index (χ3n) is 5.14. The lowest BCUT2D eigenvalue weighted by atomic mass is 9.84. The Hall–Kier alpha value is -1.75. The van der Waals surface area contributed by atoms with Crippen molar-refractivity contribution in [3.05, 3.63) is 23.8 Å². The third-order valence-corrected chi connectivity index (χ3v) is 5.14. The normalized spacial score (nSPS) is 32.2. The highest BCUT2D eigenvalue weighted by Gasteiger charge is 2.51. The predicted octanol–water partition coefficient (Wildman–Crippen LogP) is 2.25. The first kappa shape index (κ1) is 14.2. The fraction of sp³-hybridized carbons (Fsp3) is 0.562. The quantitative estimate of drug-likeness (QED) is 0.683. The molecule has 21 heavy (non-hydrogen) atoms. The molecule has 0 radical (unpaired) electrons. The van der Waals surface area contributed by atoms with Crippen LogP contribution in [0.5, 0.6) is 11.5 Å². The molecule has 2 aliphatic rings. The van der Waals surface area contributed by atoms with Crippen molar-refractivity contribution in [1.29, 1.82) is 0 Å². The van der Waals surface area contributed by atoms with Crippen LogP contribution >= 0.6 is 0 Å². The molecule has 0 spiro atoms. The molecular weight excluding hydrogens is 270 g/mol. The van der Waals surface area contributed by atoms with E-state index in [0.717, 1.165) is 19.3 Å². The monoisotopic (exact) mass is 291 g/mol. The first-order valence-corrected chi connectivity index (χ1v) is 7.48. The van der Waals surface area contributed by atoms with Gasteiger partial charge in [-0.1, -0.05) is 6.07 Å². The molecule has 114 valence electrons. The molecule has 2 bridgehead atoms. The van der Waals surface area contributed by atoms with E-state index in [4.69, 9.17) is 0 Å². The minimum Gasteiger partial charge on any atom is -0.507 e. The Morgan fingerprint density at radius 2 is 1.86 bits per heavy atom. The van der Waals surface area contributed by atoms with Crippen LogP contribution in [-0.4, -0.2) is 27.3 Å². The topological polar surface area (TPSA) is 89.8 Å². The van der Waals surface area contributed by atoms with Gasteiger partial charge in [0.1, 0.15) is 11.5 Å². The molecule has 5 heteroatoms. The summed E-state index contributed by atoms with van der Waals surface area (Å²) in [4.78, 5) is 11.5. The first-order chi connectivity index (χ1) is 9.99. The van der Waals surface area contributed by atoms with Gasteiger partial charge in [-0.15, -0.1) is 0 Å². The molecule has 0 saturated heterocycles. The number of aliphatic carboxylic acids is 1. The Morgan fingerprint density at radius 3 is 2.48 bits per heavy atom. The van der Waals surface area contributed by atoms with Crippen LogP contribution in [0.15, 0.2) is 18.2 Å². The van der Waals surface area contributed by atoms with Crippen molar-refractivity contribution in [1.82, 2.24) is 5.32 Å². The number of hydrogen-bond donors (Lipinski definition) is 4. The average molecular weight is 291 g/mol. The molecule has 5 unspecified atom stereocenters. The number of carbonyl (C=O) groups is 1. The number of carboxylic acids is 1. The maximum Gasteiger partial charge on any atom is 0.308 e. The highest BCUT2D eigenvalue weighted by molar-refractivity contribution is 5.72. The van der Waals surface area contributed by atoms with Crippen LogP contribution in [0.2, 0.25) is 0 Å². The lowest BCUT2D eigenvalue weighted by Gasteiger charge is -2.32. The van der Waals surface area contributed by atoms with Crippen LogP contribution in [0.1, 0.15) is 37.8 Å². The highest BCUT2D eigenvalue weighted by atomic mass is 16.4. The van der Waals surface area contributed by atoms with Gasteiger partial charge in [-0.25, -0.2) is 0 Å². The van der Waals surface area contributed by atoms with E-state index >= 15 is 0 Å². The molecule has 5 atom stereocenters. The molecule has 0 aliphatic heterocycles. The van der Waals surface area contributed by atoms with Crippen LogP contribution in [0.3, 0.4) is 0 Å². The van der Waals surface area contributed by atoms with Crippen molar-refractivity contribution in [2.24, 2.45) is 17.8 Å². The van der Waals surface area contributed by atoms with Crippen molar-refractivity contribution >= 4 is 5.97 Å². The Labute approximate surface area is 123 Å². The van der Waals surface area contributed by atoms with Gasteiger partial charge in [0.25, 0.3) is 0 Å². The first-order valence-electron chi connectivity index (χ1n) is 7.48. The molecule has 4 N–H and O–H groups in total. The van der Waals surface area contributed by atoms with Crippen molar-refractivity contribution < 1.29 is 20.1 Å². The van der Waals surface area contributed by atoms with Gasteiger partial charge in [-0.2, -0.15) is 0 Å². The van der Waals surface area contributed by atoms with Crippen LogP contribution in [0.4, 0.5) is 0 Å². The maximum atomic E-state index is 11.5. The van der Waals surface area contributed by atoms with Gasteiger partial charge in [0, 0.05) is 12.1 Å². The molecule has 2 saturated carbocycles. The molecule has 3 rings (SSSR count). The highest BCUT2D eigenvalue weighted by Crippen LogP contribution is 2.49. The van der Waals surface area contributed by atoms with Gasteiger partial charge >= 0.3 is 5.97 Å². The van der Waals surface area contributed by atoms with Gasteiger partial charge in [0.2, 0.25) is 0 Å². The van der Waals surface area contributed by atoms with Crippen molar-refractivity contribution in [2.75, 3.05) is 0 Å². The van der Waals surface area contributed by atoms with Crippen molar-refractivity contribution in [3.63, 3.8) is 0 Å². The van der Waals surface area contributed by atoms with Gasteiger partial charge in [0.15, 0.2) is 0 Å². The summed E-state index contributed by atoms with van der Waals surface area (Å²) in [6.07, 6.45) is 3.02. The molecule has 1 aromatic carbocycles. The Bertz CT molecular complexity index is 539. The lowest BCUT2D eigenvalue weighted by molar-refractivity contribution is -0.144. The SMILES string of the molecule is CC(NC1C2CCC(C2)C1C(=O)O)c1c(O)cccc1O. The third kappa shape index (κ3) is 2.35. The maximum absolute atomic E-state index is 11.5. The summed E-state index contributed by atoms with van der Waals surface area (Å²) in [6.45, 7) is 1.85. The minimum atomic E-state index is -0.742. The molecule has 0 heterocycles. The van der Waals surface area contributed by atoms with Gasteiger partial charge < -0.3 is 20.6 Å². The van der Waals surface area contributed by atoms with Crippen molar-refractivity contribution in [2.45, 2.75) is 38.3 Å². The van der Waals surface area contributed by atoms with E-state index in [1.54, 1.807) is 6.07 Å². The summed E-state index contributed by atoms with van der Waals surface area (Å²) in [5.41, 5.74) is 0.435. The van der Waals surface area contributed by atoms with E-state index in [2.05, 4.69) is 5.32 Å². The zero-order valence-corrected chi connectivity index (χ0v) is 12.0. The summed E-state index contributed by atoms with van der Waals surface area (Å²) in [6, 6.07) is 4.26. The molecule has 2 aliphatic carbocycles.